The van der Waals surface area contributed by atoms with Gasteiger partial charge in [0.2, 0.25) is 0 Å². The predicted octanol–water partition coefficient (Wildman–Crippen LogP) is 2.81. The van der Waals surface area contributed by atoms with Crippen LogP contribution in [0.25, 0.3) is 0 Å². The molecule has 0 saturated carbocycles. The molecule has 0 rings (SSSR count). The van der Waals surface area contributed by atoms with Gasteiger partial charge in [0, 0.05) is 22.7 Å². The molecule has 0 radical (unpaired) electrons. The summed E-state index contributed by atoms with van der Waals surface area (Å²) >= 11 is 0. The van der Waals surface area contributed by atoms with Crippen molar-refractivity contribution in [2.24, 2.45) is 0 Å². The zero-order valence-electron chi connectivity index (χ0n) is 7.62. The summed E-state index contributed by atoms with van der Waals surface area (Å²) in [6.45, 7) is 2.19. The minimum absolute atomic E-state index is 0. The molecule has 78 valence electrons. The van der Waals surface area contributed by atoms with Crippen LogP contribution in [-0.2, 0) is 21.1 Å². The van der Waals surface area contributed by atoms with Crippen LogP contribution in [0.1, 0.15) is 45.4 Å². The fourth-order valence-electron chi connectivity index (χ4n) is 1.06. The molecular formula is C8H19NiO2P. The molecule has 0 aliphatic carbocycles. The van der Waals surface area contributed by atoms with Crippen LogP contribution in [0.3, 0.4) is 0 Å². The molecular weight excluding hydrogens is 218 g/mol. The second-order valence-corrected chi connectivity index (χ2v) is 4.20. The molecule has 0 bridgehead atoms. The van der Waals surface area contributed by atoms with Gasteiger partial charge in [-0.05, 0) is 6.42 Å². The van der Waals surface area contributed by atoms with Crippen LogP contribution < -0.4 is 0 Å². The van der Waals surface area contributed by atoms with Crippen molar-refractivity contribution in [3.8, 4) is 0 Å². The third kappa shape index (κ3) is 13.3. The van der Waals surface area contributed by atoms with Gasteiger partial charge >= 0.3 is 0 Å². The molecule has 0 aliphatic rings. The van der Waals surface area contributed by atoms with Gasteiger partial charge in [-0.15, -0.1) is 0 Å². The van der Waals surface area contributed by atoms with Crippen molar-refractivity contribution in [2.45, 2.75) is 45.4 Å². The molecule has 1 atom stereocenters. The zero-order valence-corrected chi connectivity index (χ0v) is 9.61. The third-order valence-corrected chi connectivity index (χ3v) is 2.53. The van der Waals surface area contributed by atoms with Crippen LogP contribution in [-0.4, -0.2) is 11.1 Å². The normalized spacial score (nSPS) is 12.2. The number of hydrogen-bond donors (Lipinski definition) is 1. The minimum atomic E-state index is -2.18. The Morgan fingerprint density at radius 2 is 1.58 bits per heavy atom. The largest absolute Gasteiger partial charge is 0.346 e. The van der Waals surface area contributed by atoms with Crippen molar-refractivity contribution >= 4 is 8.03 Å². The summed E-state index contributed by atoms with van der Waals surface area (Å²) in [6.07, 6.45) is 7.64. The van der Waals surface area contributed by atoms with Crippen molar-refractivity contribution < 1.29 is 25.9 Å². The first kappa shape index (κ1) is 15.2. The Balaban J connectivity index is 0. The Morgan fingerprint density at radius 3 is 2.08 bits per heavy atom. The second kappa shape index (κ2) is 11.7. The number of rotatable bonds is 7. The third-order valence-electron chi connectivity index (χ3n) is 1.74. The first-order chi connectivity index (χ1) is 5.27. The van der Waals surface area contributed by atoms with Gasteiger partial charge in [0.1, 0.15) is 0 Å². The summed E-state index contributed by atoms with van der Waals surface area (Å²) in [6, 6.07) is 0. The van der Waals surface area contributed by atoms with E-state index in [4.69, 9.17) is 4.89 Å². The first-order valence-electron chi connectivity index (χ1n) is 4.49. The number of hydrogen-bond acceptors (Lipinski definition) is 1. The molecule has 4 heteroatoms. The van der Waals surface area contributed by atoms with Gasteiger partial charge in [-0.1, -0.05) is 39.0 Å². The molecule has 0 aliphatic heterocycles. The smallest absolute Gasteiger partial charge is 0.189 e. The van der Waals surface area contributed by atoms with Crippen molar-refractivity contribution in [3.05, 3.63) is 0 Å². The van der Waals surface area contributed by atoms with Crippen LogP contribution in [0.5, 0.6) is 0 Å². The van der Waals surface area contributed by atoms with E-state index in [0.717, 1.165) is 12.8 Å². The molecule has 0 spiro atoms. The molecule has 2 nitrogen and oxygen atoms in total. The fraction of sp³-hybridized carbons (Fsp3) is 1.00. The molecule has 0 aromatic rings. The van der Waals surface area contributed by atoms with Gasteiger partial charge in [0.25, 0.3) is 0 Å². The van der Waals surface area contributed by atoms with Crippen molar-refractivity contribution in [1.82, 2.24) is 0 Å². The van der Waals surface area contributed by atoms with Gasteiger partial charge < -0.3 is 4.89 Å². The quantitative estimate of drug-likeness (QED) is 0.419. The Kier molecular flexibility index (Phi) is 14.8. The van der Waals surface area contributed by atoms with E-state index < -0.39 is 8.03 Å². The van der Waals surface area contributed by atoms with E-state index in [1.165, 1.54) is 25.7 Å². The molecule has 0 aromatic heterocycles. The van der Waals surface area contributed by atoms with E-state index in [1.807, 2.05) is 0 Å². The molecule has 0 fully saturated rings. The van der Waals surface area contributed by atoms with Crippen LogP contribution in [0.4, 0.5) is 0 Å². The average Bonchev–Trinajstić information content (AvgIpc) is 1.96. The topological polar surface area (TPSA) is 37.3 Å². The molecule has 0 heterocycles. The second-order valence-electron chi connectivity index (χ2n) is 2.91. The molecule has 0 aromatic carbocycles. The standard InChI is InChI=1S/C8H19O2P.Ni/c1-2-3-4-5-6-7-8-11(9)10;/h11H,2-8H2,1H3,(H,9,10);. The Morgan fingerprint density at radius 1 is 1.08 bits per heavy atom. The van der Waals surface area contributed by atoms with Gasteiger partial charge in [0.15, 0.2) is 8.03 Å². The van der Waals surface area contributed by atoms with E-state index in [9.17, 15) is 4.57 Å². The maximum Gasteiger partial charge on any atom is 0.189 e. The summed E-state index contributed by atoms with van der Waals surface area (Å²) < 4.78 is 10.3. The maximum absolute atomic E-state index is 10.3. The summed E-state index contributed by atoms with van der Waals surface area (Å²) in [5.74, 6) is 0. The SMILES string of the molecule is CCCCCCCC[PH](=O)O.[Ni]. The van der Waals surface area contributed by atoms with E-state index in [1.54, 1.807) is 0 Å². The van der Waals surface area contributed by atoms with E-state index in [-0.39, 0.29) is 16.5 Å². The zero-order chi connectivity index (χ0) is 8.53. The van der Waals surface area contributed by atoms with E-state index in [2.05, 4.69) is 6.92 Å². The van der Waals surface area contributed by atoms with Crippen molar-refractivity contribution in [2.75, 3.05) is 6.16 Å². The summed E-state index contributed by atoms with van der Waals surface area (Å²) in [4.78, 5) is 8.50. The molecule has 12 heavy (non-hydrogen) atoms. The number of unbranched alkanes of at least 4 members (excludes halogenated alkanes) is 5. The van der Waals surface area contributed by atoms with Crippen LogP contribution in [0.15, 0.2) is 0 Å². The fourth-order valence-corrected chi connectivity index (χ4v) is 1.61. The van der Waals surface area contributed by atoms with Crippen LogP contribution >= 0.6 is 8.03 Å². The minimum Gasteiger partial charge on any atom is -0.346 e. The molecule has 1 N–H and O–H groups in total. The summed E-state index contributed by atoms with van der Waals surface area (Å²) in [5, 5.41) is 0. The maximum atomic E-state index is 10.3. The van der Waals surface area contributed by atoms with Gasteiger partial charge in [-0.2, -0.15) is 0 Å². The van der Waals surface area contributed by atoms with E-state index in [0.29, 0.717) is 6.16 Å². The Bertz CT molecular complexity index is 109. The Hall–Kier alpha value is 0.684. The summed E-state index contributed by atoms with van der Waals surface area (Å²) in [7, 11) is -2.18. The van der Waals surface area contributed by atoms with Crippen molar-refractivity contribution in [3.63, 3.8) is 0 Å². The molecule has 1 unspecified atom stereocenters. The van der Waals surface area contributed by atoms with Gasteiger partial charge in [0.05, 0.1) is 0 Å². The first-order valence-corrected chi connectivity index (χ1v) is 6.05. The molecule has 0 amide bonds. The van der Waals surface area contributed by atoms with Gasteiger partial charge in [-0.25, -0.2) is 0 Å². The van der Waals surface area contributed by atoms with E-state index >= 15 is 0 Å². The van der Waals surface area contributed by atoms with Crippen molar-refractivity contribution in [1.29, 1.82) is 0 Å². The van der Waals surface area contributed by atoms with Gasteiger partial charge in [-0.3, -0.25) is 4.57 Å². The van der Waals surface area contributed by atoms with Crippen LogP contribution in [0.2, 0.25) is 0 Å². The summed E-state index contributed by atoms with van der Waals surface area (Å²) in [5.41, 5.74) is 0. The molecule has 0 saturated heterocycles. The average molecular weight is 237 g/mol. The predicted molar refractivity (Wildman–Crippen MR) is 49.5 cm³/mol. The van der Waals surface area contributed by atoms with Crippen LogP contribution in [0, 0.1) is 0 Å². The monoisotopic (exact) mass is 236 g/mol. The Labute approximate surface area is 85.9 Å².